The molecular weight excluding hydrogens is 204 g/mol. The molecule has 2 rings (SSSR count). The van der Waals surface area contributed by atoms with E-state index in [2.05, 4.69) is 27.5 Å². The zero-order valence-electron chi connectivity index (χ0n) is 9.39. The quantitative estimate of drug-likeness (QED) is 0.779. The zero-order chi connectivity index (χ0) is 11.4. The largest absolute Gasteiger partial charge is 0.348 e. The van der Waals surface area contributed by atoms with E-state index in [1.165, 1.54) is 12.4 Å². The lowest BCUT2D eigenvalue weighted by atomic mass is 10.1. The first-order chi connectivity index (χ1) is 7.75. The summed E-state index contributed by atoms with van der Waals surface area (Å²) >= 11 is 0. The van der Waals surface area contributed by atoms with Gasteiger partial charge < -0.3 is 10.2 Å². The van der Waals surface area contributed by atoms with Crippen LogP contribution in [0.2, 0.25) is 0 Å². The van der Waals surface area contributed by atoms with Crippen molar-refractivity contribution in [3.63, 3.8) is 0 Å². The number of aromatic nitrogens is 2. The normalized spacial score (nSPS) is 21.7. The maximum Gasteiger partial charge on any atom is 0.253 e. The average molecular weight is 220 g/mol. The van der Waals surface area contributed by atoms with Gasteiger partial charge in [0.05, 0.1) is 18.0 Å². The van der Waals surface area contributed by atoms with Crippen LogP contribution in [0.3, 0.4) is 0 Å². The smallest absolute Gasteiger partial charge is 0.253 e. The molecule has 0 unspecified atom stereocenters. The van der Waals surface area contributed by atoms with Crippen molar-refractivity contribution in [2.45, 2.75) is 18.9 Å². The van der Waals surface area contributed by atoms with E-state index in [4.69, 9.17) is 0 Å². The summed E-state index contributed by atoms with van der Waals surface area (Å²) in [4.78, 5) is 14.1. The third kappa shape index (κ3) is 2.76. The number of amides is 1. The second-order valence-corrected chi connectivity index (χ2v) is 4.21. The second-order valence-electron chi connectivity index (χ2n) is 4.21. The first-order valence-electron chi connectivity index (χ1n) is 5.52. The van der Waals surface area contributed by atoms with E-state index in [9.17, 15) is 4.79 Å². The van der Waals surface area contributed by atoms with Crippen LogP contribution in [0.15, 0.2) is 18.5 Å². The number of nitrogens with one attached hydrogen (secondary N) is 1. The Labute approximate surface area is 94.9 Å². The minimum Gasteiger partial charge on any atom is -0.348 e. The third-order valence-electron chi connectivity index (χ3n) is 2.81. The van der Waals surface area contributed by atoms with Gasteiger partial charge in [0, 0.05) is 12.6 Å². The summed E-state index contributed by atoms with van der Waals surface area (Å²) < 4.78 is 0. The molecule has 1 N–H and O–H groups in total. The number of carbonyl (C=O) groups is 1. The van der Waals surface area contributed by atoms with Crippen LogP contribution in [0, 0.1) is 0 Å². The molecule has 0 bridgehead atoms. The molecule has 1 aliphatic heterocycles. The van der Waals surface area contributed by atoms with E-state index >= 15 is 0 Å². The van der Waals surface area contributed by atoms with Gasteiger partial charge in [-0.1, -0.05) is 0 Å². The Bertz CT molecular complexity index is 354. The van der Waals surface area contributed by atoms with Crippen LogP contribution in [0.5, 0.6) is 0 Å². The van der Waals surface area contributed by atoms with Crippen molar-refractivity contribution in [3.8, 4) is 0 Å². The fourth-order valence-electron chi connectivity index (χ4n) is 1.98. The number of carbonyl (C=O) groups excluding carboxylic acids is 1. The number of piperidine rings is 1. The summed E-state index contributed by atoms with van der Waals surface area (Å²) in [5.74, 6) is -0.0600. The highest BCUT2D eigenvalue weighted by Gasteiger charge is 2.19. The van der Waals surface area contributed by atoms with Crippen LogP contribution in [0.25, 0.3) is 0 Å². The van der Waals surface area contributed by atoms with Gasteiger partial charge in [-0.3, -0.25) is 4.79 Å². The molecule has 86 valence electrons. The van der Waals surface area contributed by atoms with Crippen molar-refractivity contribution < 1.29 is 4.79 Å². The topological polar surface area (TPSA) is 58.1 Å². The van der Waals surface area contributed by atoms with Crippen LogP contribution in [0.1, 0.15) is 23.2 Å². The summed E-state index contributed by atoms with van der Waals surface area (Å²) in [6, 6.07) is 1.92. The number of likely N-dealkylation sites (tertiary alicyclic amines) is 1. The summed E-state index contributed by atoms with van der Waals surface area (Å²) in [6.07, 6.45) is 5.20. The van der Waals surface area contributed by atoms with E-state index in [0.717, 1.165) is 25.9 Å². The van der Waals surface area contributed by atoms with Gasteiger partial charge in [0.15, 0.2) is 0 Å². The Hall–Kier alpha value is -1.49. The summed E-state index contributed by atoms with van der Waals surface area (Å²) in [7, 11) is 2.08. The fourth-order valence-corrected chi connectivity index (χ4v) is 1.98. The van der Waals surface area contributed by atoms with E-state index in [1.807, 2.05) is 0 Å². The highest BCUT2D eigenvalue weighted by molar-refractivity contribution is 5.93. The van der Waals surface area contributed by atoms with Crippen LogP contribution in [-0.2, 0) is 0 Å². The molecule has 1 amide bonds. The van der Waals surface area contributed by atoms with E-state index in [0.29, 0.717) is 5.56 Å². The molecule has 2 heterocycles. The Kier molecular flexibility index (Phi) is 3.46. The van der Waals surface area contributed by atoms with Gasteiger partial charge in [0.25, 0.3) is 5.91 Å². The van der Waals surface area contributed by atoms with Gasteiger partial charge in [-0.05, 0) is 32.5 Å². The molecule has 16 heavy (non-hydrogen) atoms. The molecule has 0 aliphatic carbocycles. The summed E-state index contributed by atoms with van der Waals surface area (Å²) in [5, 5.41) is 10.4. The average Bonchev–Trinajstić information content (AvgIpc) is 2.30. The van der Waals surface area contributed by atoms with Gasteiger partial charge in [-0.25, -0.2) is 0 Å². The molecule has 1 saturated heterocycles. The lowest BCUT2D eigenvalue weighted by Crippen LogP contribution is -2.46. The second kappa shape index (κ2) is 5.03. The van der Waals surface area contributed by atoms with E-state index in [1.54, 1.807) is 6.07 Å². The number of nitrogens with zero attached hydrogens (tertiary/aromatic N) is 3. The molecule has 1 atom stereocenters. The van der Waals surface area contributed by atoms with Crippen molar-refractivity contribution in [2.24, 2.45) is 0 Å². The predicted molar refractivity (Wildman–Crippen MR) is 60.0 cm³/mol. The Morgan fingerprint density at radius 2 is 2.44 bits per heavy atom. The van der Waals surface area contributed by atoms with Gasteiger partial charge >= 0.3 is 0 Å². The fraction of sp³-hybridized carbons (Fsp3) is 0.545. The number of rotatable bonds is 2. The summed E-state index contributed by atoms with van der Waals surface area (Å²) in [5.41, 5.74) is 0.572. The van der Waals surface area contributed by atoms with E-state index < -0.39 is 0 Å². The van der Waals surface area contributed by atoms with Crippen LogP contribution >= 0.6 is 0 Å². The first kappa shape index (κ1) is 11.0. The van der Waals surface area contributed by atoms with Crippen molar-refractivity contribution in [3.05, 3.63) is 24.0 Å². The van der Waals surface area contributed by atoms with Gasteiger partial charge in [-0.2, -0.15) is 10.2 Å². The van der Waals surface area contributed by atoms with Crippen molar-refractivity contribution >= 4 is 5.91 Å². The molecule has 0 spiro atoms. The molecule has 5 heteroatoms. The Morgan fingerprint density at radius 3 is 3.12 bits per heavy atom. The maximum atomic E-state index is 11.8. The van der Waals surface area contributed by atoms with Crippen LogP contribution < -0.4 is 5.32 Å². The molecule has 1 aromatic heterocycles. The monoisotopic (exact) mass is 220 g/mol. The maximum absolute atomic E-state index is 11.8. The zero-order valence-corrected chi connectivity index (χ0v) is 9.39. The third-order valence-corrected chi connectivity index (χ3v) is 2.81. The lowest BCUT2D eigenvalue weighted by molar-refractivity contribution is 0.0912. The molecule has 1 aromatic rings. The molecule has 1 aliphatic rings. The molecule has 1 fully saturated rings. The van der Waals surface area contributed by atoms with Crippen molar-refractivity contribution in [1.82, 2.24) is 20.4 Å². The standard InChI is InChI=1S/C11H16N4O/c1-15-6-2-3-10(8-15)14-11(16)9-4-5-12-13-7-9/h4-5,7,10H,2-3,6,8H2,1H3,(H,14,16)/t10-/m1/s1. The van der Waals surface area contributed by atoms with Gasteiger partial charge in [-0.15, -0.1) is 0 Å². The molecule has 0 radical (unpaired) electrons. The van der Waals surface area contributed by atoms with Crippen LogP contribution in [0.4, 0.5) is 0 Å². The first-order valence-corrected chi connectivity index (χ1v) is 5.52. The SMILES string of the molecule is CN1CCC[C@@H](NC(=O)c2ccnnc2)C1. The highest BCUT2D eigenvalue weighted by atomic mass is 16.1. The lowest BCUT2D eigenvalue weighted by Gasteiger charge is -2.30. The minimum atomic E-state index is -0.0600. The number of hydrogen-bond acceptors (Lipinski definition) is 4. The predicted octanol–water partition coefficient (Wildman–Crippen LogP) is 0.301. The van der Waals surface area contributed by atoms with Gasteiger partial charge in [0.2, 0.25) is 0 Å². The Balaban J connectivity index is 1.92. The van der Waals surface area contributed by atoms with Gasteiger partial charge in [0.1, 0.15) is 0 Å². The molecule has 5 nitrogen and oxygen atoms in total. The molecule has 0 saturated carbocycles. The molecular formula is C11H16N4O. The van der Waals surface area contributed by atoms with Crippen LogP contribution in [-0.4, -0.2) is 47.2 Å². The number of hydrogen-bond donors (Lipinski definition) is 1. The minimum absolute atomic E-state index is 0.0600. The van der Waals surface area contributed by atoms with Crippen molar-refractivity contribution in [1.29, 1.82) is 0 Å². The summed E-state index contributed by atoms with van der Waals surface area (Å²) in [6.45, 7) is 2.04. The Morgan fingerprint density at radius 1 is 1.56 bits per heavy atom. The van der Waals surface area contributed by atoms with Crippen molar-refractivity contribution in [2.75, 3.05) is 20.1 Å². The highest BCUT2D eigenvalue weighted by Crippen LogP contribution is 2.08. The van der Waals surface area contributed by atoms with E-state index in [-0.39, 0.29) is 11.9 Å². The number of likely N-dealkylation sites (N-methyl/N-ethyl adjacent to an activating group) is 1. The molecule has 0 aromatic carbocycles.